The van der Waals surface area contributed by atoms with Crippen LogP contribution in [0.3, 0.4) is 0 Å². The molecular formula is C25H30ClIN4O8S2. The van der Waals surface area contributed by atoms with Gasteiger partial charge in [0.2, 0.25) is 24.5 Å². The molecule has 4 saturated heterocycles. The molecule has 5 rings (SSSR count). The molecule has 1 aromatic rings. The molecule has 4 heterocycles. The van der Waals surface area contributed by atoms with Gasteiger partial charge in [-0.3, -0.25) is 14.4 Å². The van der Waals surface area contributed by atoms with Crippen LogP contribution >= 0.6 is 58.5 Å². The maximum absolute atomic E-state index is 13.1. The minimum absolute atomic E-state index is 0. The van der Waals surface area contributed by atoms with Crippen LogP contribution in [0.2, 0.25) is 0 Å². The summed E-state index contributed by atoms with van der Waals surface area (Å²) < 4.78 is 9.04. The van der Waals surface area contributed by atoms with E-state index in [1.165, 1.54) is 57.6 Å². The number of thioether (sulfide) groups is 2. The highest BCUT2D eigenvalue weighted by molar-refractivity contribution is 14.1. The fourth-order valence-electron chi connectivity index (χ4n) is 5.45. The van der Waals surface area contributed by atoms with E-state index in [1.54, 1.807) is 13.8 Å². The first kappa shape index (κ1) is 32.0. The number of nitrogens with one attached hydrogen (secondary N) is 1. The van der Waals surface area contributed by atoms with E-state index in [0.29, 0.717) is 5.56 Å². The molecule has 0 aliphatic carbocycles. The van der Waals surface area contributed by atoms with Crippen LogP contribution in [0.1, 0.15) is 39.3 Å². The van der Waals surface area contributed by atoms with Gasteiger partial charge < -0.3 is 35.4 Å². The van der Waals surface area contributed by atoms with Crippen LogP contribution in [0.25, 0.3) is 0 Å². The Kier molecular flexibility index (Phi) is 8.80. The Morgan fingerprint density at radius 1 is 0.976 bits per heavy atom. The van der Waals surface area contributed by atoms with Gasteiger partial charge in [-0.25, -0.2) is 9.59 Å². The number of halogens is 2. The molecule has 16 heteroatoms. The van der Waals surface area contributed by atoms with Crippen LogP contribution < -0.4 is 11.1 Å². The quantitative estimate of drug-likeness (QED) is 0.121. The number of carbonyl (C=O) groups is 5. The third-order valence-corrected chi connectivity index (χ3v) is 12.3. The largest absolute Gasteiger partial charge is 0.508 e. The van der Waals surface area contributed by atoms with Crippen molar-refractivity contribution in [1.29, 1.82) is 0 Å². The molecule has 12 nitrogen and oxygen atoms in total. The topological polar surface area (TPSA) is 169 Å². The molecule has 0 aromatic heterocycles. The van der Waals surface area contributed by atoms with Crippen LogP contribution in [0, 0.1) is 0 Å². The van der Waals surface area contributed by atoms with Gasteiger partial charge in [0.25, 0.3) is 0 Å². The SMILES string of the molecule is CC1(C)S[C@@H]2[C@H](I)C(=O)N2[C@H]1C(=O)OCOC(=O)[C@@H]1N2C(=O)[C@@H](NC(=O)C(N)c3ccc(O)cc3)[C@H]2SC1(C)C.Cl. The van der Waals surface area contributed by atoms with Crippen molar-refractivity contribution < 1.29 is 38.6 Å². The van der Waals surface area contributed by atoms with Crippen molar-refractivity contribution in [2.24, 2.45) is 5.73 Å². The van der Waals surface area contributed by atoms with E-state index >= 15 is 0 Å². The van der Waals surface area contributed by atoms with E-state index < -0.39 is 69.6 Å². The summed E-state index contributed by atoms with van der Waals surface area (Å²) in [6.45, 7) is 6.66. The van der Waals surface area contributed by atoms with Gasteiger partial charge in [-0.2, -0.15) is 0 Å². The summed E-state index contributed by atoms with van der Waals surface area (Å²) in [6, 6.07) is 2.18. The average Bonchev–Trinajstić information content (AvgIpc) is 3.31. The Balaban J connectivity index is 0.00000387. The Bertz CT molecular complexity index is 1280. The van der Waals surface area contributed by atoms with Crippen molar-refractivity contribution >= 4 is 88.2 Å². The highest BCUT2D eigenvalue weighted by Gasteiger charge is 2.65. The number of alkyl halides is 1. The first-order valence-electron chi connectivity index (χ1n) is 12.5. The van der Waals surface area contributed by atoms with Crippen molar-refractivity contribution in [3.63, 3.8) is 0 Å². The van der Waals surface area contributed by atoms with Crippen molar-refractivity contribution in [3.8, 4) is 5.75 Å². The molecule has 0 bridgehead atoms. The van der Waals surface area contributed by atoms with Crippen molar-refractivity contribution in [3.05, 3.63) is 29.8 Å². The van der Waals surface area contributed by atoms with E-state index in [2.05, 4.69) is 27.9 Å². The third-order valence-electron chi connectivity index (χ3n) is 7.50. The standard InChI is InChI=1S/C25H29IN4O8S2.ClH/c1-24(2)15(29-18(33)12(26)20(29)39-24)22(35)37-9-38-23(36)16-25(3,4)40-21-14(19(34)30(16)21)28-17(32)13(27)10-5-7-11(31)8-6-10;/h5-8,12-16,20-21,31H,9,27H2,1-4H3,(H,28,32);1H/t12-,13?,14-,15+,16+,20-,21-;/m1./s1. The Hall–Kier alpha value is -1.95. The Morgan fingerprint density at radius 3 is 2.00 bits per heavy atom. The zero-order chi connectivity index (χ0) is 29.3. The third kappa shape index (κ3) is 5.36. The maximum Gasteiger partial charge on any atom is 0.333 e. The normalized spacial score (nSPS) is 31.1. The predicted molar refractivity (Wildman–Crippen MR) is 161 cm³/mol. The Labute approximate surface area is 264 Å². The second-order valence-electron chi connectivity index (χ2n) is 11.0. The number of amides is 3. The summed E-state index contributed by atoms with van der Waals surface area (Å²) in [4.78, 5) is 66.9. The van der Waals surface area contributed by atoms with Gasteiger partial charge in [0.15, 0.2) is 0 Å². The number of aromatic hydroxyl groups is 1. The zero-order valence-corrected chi connectivity index (χ0v) is 27.0. The molecule has 4 aliphatic rings. The van der Waals surface area contributed by atoms with E-state index in [0.717, 1.165) is 0 Å². The van der Waals surface area contributed by atoms with Gasteiger partial charge >= 0.3 is 11.9 Å². The number of fused-ring (bicyclic) bond motifs is 2. The number of carbonyl (C=O) groups excluding carboxylic acids is 5. The molecule has 4 aliphatic heterocycles. The summed E-state index contributed by atoms with van der Waals surface area (Å²) in [5.74, 6) is -2.50. The molecule has 0 saturated carbocycles. The number of nitrogens with zero attached hydrogens (tertiary/aromatic N) is 2. The number of β-lactam (4-membered cyclic amide) rings is 2. The number of hydrogen-bond acceptors (Lipinski definition) is 11. The molecule has 1 unspecified atom stereocenters. The lowest BCUT2D eigenvalue weighted by atomic mass is 9.95. The molecular weight excluding hydrogens is 711 g/mol. The number of nitrogens with two attached hydrogens (primary N) is 1. The first-order valence-corrected chi connectivity index (χ1v) is 15.5. The van der Waals surface area contributed by atoms with Gasteiger partial charge in [-0.05, 0) is 45.4 Å². The van der Waals surface area contributed by atoms with Crippen LogP contribution in [0.15, 0.2) is 24.3 Å². The number of rotatable bonds is 7. The lowest BCUT2D eigenvalue weighted by Crippen LogP contribution is -2.71. The van der Waals surface area contributed by atoms with Crippen molar-refractivity contribution in [1.82, 2.24) is 15.1 Å². The second kappa shape index (κ2) is 11.3. The van der Waals surface area contributed by atoms with E-state index in [-0.39, 0.29) is 33.4 Å². The monoisotopic (exact) mass is 740 g/mol. The summed E-state index contributed by atoms with van der Waals surface area (Å²) in [7, 11) is 0. The lowest BCUT2D eigenvalue weighted by Gasteiger charge is -2.44. The number of hydrogen-bond donors (Lipinski definition) is 3. The molecule has 3 amide bonds. The molecule has 0 spiro atoms. The van der Waals surface area contributed by atoms with Gasteiger partial charge in [0, 0.05) is 9.49 Å². The fourth-order valence-corrected chi connectivity index (χ4v) is 9.72. The van der Waals surface area contributed by atoms with Gasteiger partial charge in [0.05, 0.1) is 0 Å². The van der Waals surface area contributed by atoms with Crippen molar-refractivity contribution in [2.75, 3.05) is 6.79 Å². The molecule has 0 radical (unpaired) electrons. The summed E-state index contributed by atoms with van der Waals surface area (Å²) in [5, 5.41) is 11.5. The summed E-state index contributed by atoms with van der Waals surface area (Å²) in [6.07, 6.45) is 0. The van der Waals surface area contributed by atoms with Crippen LogP contribution in [-0.4, -0.2) is 93.7 Å². The number of benzene rings is 1. The molecule has 4 fully saturated rings. The van der Waals surface area contributed by atoms with Crippen molar-refractivity contribution in [2.45, 2.75) is 76.0 Å². The molecule has 1 aromatic carbocycles. The van der Waals surface area contributed by atoms with Gasteiger partial charge in [-0.1, -0.05) is 34.7 Å². The van der Waals surface area contributed by atoms with E-state index in [1.807, 2.05) is 13.8 Å². The molecule has 4 N–H and O–H groups in total. The Morgan fingerprint density at radius 2 is 1.46 bits per heavy atom. The summed E-state index contributed by atoms with van der Waals surface area (Å²) >= 11 is 4.95. The zero-order valence-electron chi connectivity index (χ0n) is 22.4. The number of esters is 2. The second-order valence-corrected chi connectivity index (χ2v) is 15.9. The van der Waals surface area contributed by atoms with Gasteiger partial charge in [-0.15, -0.1) is 35.9 Å². The first-order chi connectivity index (χ1) is 18.7. The van der Waals surface area contributed by atoms with E-state index in [9.17, 15) is 29.1 Å². The minimum Gasteiger partial charge on any atom is -0.508 e. The fraction of sp³-hybridized carbons (Fsp3) is 0.560. The molecule has 224 valence electrons. The minimum atomic E-state index is -1.05. The van der Waals surface area contributed by atoms with Gasteiger partial charge in [0.1, 0.15) is 44.6 Å². The summed E-state index contributed by atoms with van der Waals surface area (Å²) in [5.41, 5.74) is 6.51. The number of ether oxygens (including phenoxy) is 2. The van der Waals surface area contributed by atoms with Crippen LogP contribution in [0.4, 0.5) is 0 Å². The molecule has 41 heavy (non-hydrogen) atoms. The van der Waals surface area contributed by atoms with Crippen LogP contribution in [-0.2, 0) is 33.4 Å². The number of phenolic OH excluding ortho intramolecular Hbond substituents is 1. The predicted octanol–water partition coefficient (Wildman–Crippen LogP) is 1.27. The highest BCUT2D eigenvalue weighted by atomic mass is 127. The smallest absolute Gasteiger partial charge is 0.333 e. The number of phenols is 1. The average molecular weight is 741 g/mol. The van der Waals surface area contributed by atoms with E-state index in [4.69, 9.17) is 15.2 Å². The van der Waals surface area contributed by atoms with Crippen LogP contribution in [0.5, 0.6) is 5.75 Å². The molecule has 7 atom stereocenters. The maximum atomic E-state index is 13.1. The lowest BCUT2D eigenvalue weighted by molar-refractivity contribution is -0.181. The highest BCUT2D eigenvalue weighted by Crippen LogP contribution is 2.53.